The molecule has 3 rings (SSSR count). The van der Waals surface area contributed by atoms with Crippen LogP contribution in [-0.4, -0.2) is 17.8 Å². The first-order chi connectivity index (χ1) is 10.8. The lowest BCUT2D eigenvalue weighted by Crippen LogP contribution is -2.19. The van der Waals surface area contributed by atoms with Gasteiger partial charge in [0.1, 0.15) is 11.5 Å². The summed E-state index contributed by atoms with van der Waals surface area (Å²) < 4.78 is 0. The number of hydrogen-bond acceptors (Lipinski definition) is 3. The number of carbonyl (C=O) groups excluding carboxylic acids is 1. The van der Waals surface area contributed by atoms with Crippen LogP contribution in [0, 0.1) is 0 Å². The Balaban J connectivity index is 2.15. The average molecular weight is 288 g/mol. The zero-order valence-electron chi connectivity index (χ0n) is 12.1. The number of aldehydes is 1. The predicted octanol–water partition coefficient (Wildman–Crippen LogP) is 4.17. The molecule has 1 aliphatic heterocycles. The van der Waals surface area contributed by atoms with Crippen LogP contribution < -0.4 is 4.90 Å². The summed E-state index contributed by atoms with van der Waals surface area (Å²) in [7, 11) is 0. The van der Waals surface area contributed by atoms with E-state index in [0.717, 1.165) is 28.9 Å². The predicted molar refractivity (Wildman–Crippen MR) is 90.4 cm³/mol. The third-order valence-corrected chi connectivity index (χ3v) is 3.53. The highest BCUT2D eigenvalue weighted by Crippen LogP contribution is 2.32. The standard InChI is InChI=1S/C19H16N2O/c1-15-8-3-2-6-13-21(18-11-5-4-10-17(15)18)19-12-7-9-16(14-22)20-19/h2-12,14H,1,13H2/b6-2-,8-3-. The van der Waals surface area contributed by atoms with Gasteiger partial charge < -0.3 is 4.90 Å². The minimum atomic E-state index is 0.427. The topological polar surface area (TPSA) is 33.2 Å². The van der Waals surface area contributed by atoms with Crippen molar-refractivity contribution in [2.24, 2.45) is 0 Å². The van der Waals surface area contributed by atoms with E-state index >= 15 is 0 Å². The fourth-order valence-electron chi connectivity index (χ4n) is 2.46. The van der Waals surface area contributed by atoms with Crippen molar-refractivity contribution in [3.8, 4) is 0 Å². The molecule has 2 aromatic rings. The number of aromatic nitrogens is 1. The van der Waals surface area contributed by atoms with E-state index in [2.05, 4.69) is 22.5 Å². The van der Waals surface area contributed by atoms with Crippen molar-refractivity contribution >= 4 is 23.4 Å². The van der Waals surface area contributed by atoms with Gasteiger partial charge in [-0.15, -0.1) is 0 Å². The van der Waals surface area contributed by atoms with E-state index < -0.39 is 0 Å². The van der Waals surface area contributed by atoms with Gasteiger partial charge >= 0.3 is 0 Å². The Morgan fingerprint density at radius 2 is 1.95 bits per heavy atom. The van der Waals surface area contributed by atoms with Crippen LogP contribution in [-0.2, 0) is 0 Å². The average Bonchev–Trinajstić information content (AvgIpc) is 2.65. The molecule has 0 spiro atoms. The SMILES string of the molecule is C=C1/C=C\C=C/CN(c2cccc(C=O)n2)c2ccccc21. The first-order valence-corrected chi connectivity index (χ1v) is 7.11. The summed E-state index contributed by atoms with van der Waals surface area (Å²) in [5.41, 5.74) is 3.45. The third kappa shape index (κ3) is 2.74. The van der Waals surface area contributed by atoms with E-state index in [9.17, 15) is 4.79 Å². The second-order valence-corrected chi connectivity index (χ2v) is 4.98. The van der Waals surface area contributed by atoms with Crippen LogP contribution >= 0.6 is 0 Å². The maximum Gasteiger partial charge on any atom is 0.168 e. The molecular weight excluding hydrogens is 272 g/mol. The number of para-hydroxylation sites is 1. The van der Waals surface area contributed by atoms with Crippen LogP contribution in [0.15, 0.2) is 73.3 Å². The van der Waals surface area contributed by atoms with Crippen LogP contribution in [0.25, 0.3) is 5.57 Å². The van der Waals surface area contributed by atoms with Crippen molar-refractivity contribution in [3.05, 3.63) is 84.6 Å². The van der Waals surface area contributed by atoms with Gasteiger partial charge in [0.2, 0.25) is 0 Å². The zero-order valence-corrected chi connectivity index (χ0v) is 12.1. The molecule has 3 nitrogen and oxygen atoms in total. The smallest absolute Gasteiger partial charge is 0.168 e. The quantitative estimate of drug-likeness (QED) is 0.778. The van der Waals surface area contributed by atoms with Crippen LogP contribution in [0.2, 0.25) is 0 Å². The first-order valence-electron chi connectivity index (χ1n) is 7.11. The molecule has 1 aliphatic rings. The lowest BCUT2D eigenvalue weighted by atomic mass is 10.0. The molecule has 0 saturated carbocycles. The summed E-state index contributed by atoms with van der Waals surface area (Å²) in [4.78, 5) is 17.5. The van der Waals surface area contributed by atoms with Gasteiger partial charge in [-0.25, -0.2) is 4.98 Å². The van der Waals surface area contributed by atoms with Crippen molar-refractivity contribution < 1.29 is 4.79 Å². The maximum absolute atomic E-state index is 11.0. The molecule has 22 heavy (non-hydrogen) atoms. The van der Waals surface area contributed by atoms with Gasteiger partial charge in [0.15, 0.2) is 6.29 Å². The molecule has 0 bridgehead atoms. The van der Waals surface area contributed by atoms with Crippen LogP contribution in [0.3, 0.4) is 0 Å². The van der Waals surface area contributed by atoms with Crippen molar-refractivity contribution in [3.63, 3.8) is 0 Å². The number of rotatable bonds is 2. The highest BCUT2D eigenvalue weighted by atomic mass is 16.1. The Labute approximate surface area is 129 Å². The molecule has 0 fully saturated rings. The number of nitrogens with zero attached hydrogens (tertiary/aromatic N) is 2. The van der Waals surface area contributed by atoms with Gasteiger partial charge in [-0.05, 0) is 23.8 Å². The molecule has 108 valence electrons. The molecule has 0 unspecified atom stereocenters. The molecule has 0 amide bonds. The van der Waals surface area contributed by atoms with E-state index in [1.807, 2.05) is 54.6 Å². The van der Waals surface area contributed by atoms with Gasteiger partial charge in [0.05, 0.1) is 5.69 Å². The van der Waals surface area contributed by atoms with E-state index in [1.165, 1.54) is 0 Å². The summed E-state index contributed by atoms with van der Waals surface area (Å²) in [5, 5.41) is 0. The van der Waals surface area contributed by atoms with Gasteiger partial charge in [-0.2, -0.15) is 0 Å². The van der Waals surface area contributed by atoms with Crippen LogP contribution in [0.5, 0.6) is 0 Å². The van der Waals surface area contributed by atoms with E-state index in [4.69, 9.17) is 0 Å². The van der Waals surface area contributed by atoms with Crippen LogP contribution in [0.4, 0.5) is 11.5 Å². The second-order valence-electron chi connectivity index (χ2n) is 4.98. The minimum Gasteiger partial charge on any atom is -0.322 e. The number of allylic oxidation sites excluding steroid dienone is 4. The molecule has 0 radical (unpaired) electrons. The Bertz CT molecular complexity index is 775. The molecule has 0 atom stereocenters. The molecule has 0 N–H and O–H groups in total. The molecule has 0 saturated heterocycles. The molecule has 3 heteroatoms. The molecule has 1 aromatic heterocycles. The van der Waals surface area contributed by atoms with E-state index in [-0.39, 0.29) is 0 Å². The Kier molecular flexibility index (Phi) is 3.97. The van der Waals surface area contributed by atoms with E-state index in [1.54, 1.807) is 6.07 Å². The molecule has 1 aromatic carbocycles. The van der Waals surface area contributed by atoms with Crippen molar-refractivity contribution in [1.82, 2.24) is 4.98 Å². The number of pyridine rings is 1. The van der Waals surface area contributed by atoms with Crippen molar-refractivity contribution in [2.45, 2.75) is 0 Å². The highest BCUT2D eigenvalue weighted by molar-refractivity contribution is 5.84. The Morgan fingerprint density at radius 1 is 1.09 bits per heavy atom. The summed E-state index contributed by atoms with van der Waals surface area (Å²) >= 11 is 0. The summed E-state index contributed by atoms with van der Waals surface area (Å²) in [6.45, 7) is 4.81. The first kappa shape index (κ1) is 14.0. The fourth-order valence-corrected chi connectivity index (χ4v) is 2.46. The van der Waals surface area contributed by atoms with Gasteiger partial charge in [0.25, 0.3) is 0 Å². The number of anilines is 2. The van der Waals surface area contributed by atoms with Gasteiger partial charge in [-0.3, -0.25) is 4.79 Å². The fraction of sp³-hybridized carbons (Fsp3) is 0.0526. The lowest BCUT2D eigenvalue weighted by molar-refractivity contribution is 0.111. The highest BCUT2D eigenvalue weighted by Gasteiger charge is 2.15. The monoisotopic (exact) mass is 288 g/mol. The van der Waals surface area contributed by atoms with E-state index in [0.29, 0.717) is 12.2 Å². The molecular formula is C19H16N2O. The van der Waals surface area contributed by atoms with Gasteiger partial charge in [0, 0.05) is 12.1 Å². The summed E-state index contributed by atoms with van der Waals surface area (Å²) in [5.74, 6) is 0.747. The van der Waals surface area contributed by atoms with Gasteiger partial charge in [-0.1, -0.05) is 55.1 Å². The Hall–Kier alpha value is -2.94. The normalized spacial score (nSPS) is 16.9. The molecule has 2 heterocycles. The number of fused-ring (bicyclic) bond motifs is 1. The lowest BCUT2D eigenvalue weighted by Gasteiger charge is -2.25. The third-order valence-electron chi connectivity index (χ3n) is 3.53. The maximum atomic E-state index is 11.0. The molecule has 0 aliphatic carbocycles. The van der Waals surface area contributed by atoms with Crippen LogP contribution in [0.1, 0.15) is 16.1 Å². The minimum absolute atomic E-state index is 0.427. The Morgan fingerprint density at radius 3 is 2.82 bits per heavy atom. The number of carbonyl (C=O) groups is 1. The zero-order chi connectivity index (χ0) is 15.4. The van der Waals surface area contributed by atoms with Crippen molar-refractivity contribution in [1.29, 1.82) is 0 Å². The summed E-state index contributed by atoms with van der Waals surface area (Å²) in [6.07, 6.45) is 8.79. The van der Waals surface area contributed by atoms with Crippen molar-refractivity contribution in [2.75, 3.05) is 11.4 Å². The summed E-state index contributed by atoms with van der Waals surface area (Å²) in [6, 6.07) is 13.5. The largest absolute Gasteiger partial charge is 0.322 e. The number of benzene rings is 1. The number of hydrogen-bond donors (Lipinski definition) is 0. The second kappa shape index (κ2) is 6.22.